The first-order valence-electron chi connectivity index (χ1n) is 5.80. The molecule has 3 heteroatoms. The normalized spacial score (nSPS) is 24.8. The third-order valence-corrected chi connectivity index (χ3v) is 3.06. The van der Waals surface area contributed by atoms with Crippen LogP contribution in [0.5, 0.6) is 0 Å². The van der Waals surface area contributed by atoms with E-state index in [0.29, 0.717) is 11.1 Å². The predicted molar refractivity (Wildman–Crippen MR) is 67.2 cm³/mol. The lowest BCUT2D eigenvalue weighted by atomic mass is 9.89. The van der Waals surface area contributed by atoms with Crippen LogP contribution in [-0.2, 0) is 14.3 Å². The van der Waals surface area contributed by atoms with Crippen molar-refractivity contribution in [3.63, 3.8) is 0 Å². The molecule has 18 heavy (non-hydrogen) atoms. The van der Waals surface area contributed by atoms with Crippen LogP contribution in [0.3, 0.4) is 0 Å². The van der Waals surface area contributed by atoms with Crippen LogP contribution in [-0.4, -0.2) is 11.9 Å². The zero-order valence-electron chi connectivity index (χ0n) is 11.0. The summed E-state index contributed by atoms with van der Waals surface area (Å²) in [5.74, 6) is 0.986. The van der Waals surface area contributed by atoms with E-state index in [-0.39, 0.29) is 0 Å². The first-order chi connectivity index (χ1) is 8.41. The molecule has 2 rings (SSSR count). The van der Waals surface area contributed by atoms with Gasteiger partial charge >= 0.3 is 11.9 Å². The summed E-state index contributed by atoms with van der Waals surface area (Å²) in [4.78, 5) is 23.4. The van der Waals surface area contributed by atoms with Crippen molar-refractivity contribution in [2.75, 3.05) is 0 Å². The van der Waals surface area contributed by atoms with Gasteiger partial charge in [0.1, 0.15) is 0 Å². The molecule has 0 aromatic heterocycles. The maximum atomic E-state index is 11.8. The fourth-order valence-electron chi connectivity index (χ4n) is 2.13. The SMILES string of the molecule is C[C]1[CH][CH][C](/C(C)=C2\C(=O)OC(=O)C2=C(C)C)[CH]1. The summed E-state index contributed by atoms with van der Waals surface area (Å²) in [5.41, 5.74) is 2.38. The Kier molecular flexibility index (Phi) is 3.42. The molecule has 0 atom stereocenters. The second-order valence-electron chi connectivity index (χ2n) is 4.73. The van der Waals surface area contributed by atoms with Gasteiger partial charge in [0.25, 0.3) is 0 Å². The molecule has 1 aliphatic heterocycles. The summed E-state index contributed by atoms with van der Waals surface area (Å²) in [7, 11) is 0. The van der Waals surface area contributed by atoms with Crippen LogP contribution < -0.4 is 0 Å². The standard InChI is InChI=1S/C15H15O3/c1-8(2)12-13(15(17)18-14(12)16)10(4)11-6-5-9(3)7-11/h5-7H,1-4H3/b13-10-. The van der Waals surface area contributed by atoms with Crippen molar-refractivity contribution in [3.05, 3.63) is 53.4 Å². The van der Waals surface area contributed by atoms with Gasteiger partial charge < -0.3 is 4.74 Å². The number of ether oxygens (including phenoxy) is 1. The maximum absolute atomic E-state index is 11.8. The third-order valence-electron chi connectivity index (χ3n) is 3.06. The minimum Gasteiger partial charge on any atom is -0.386 e. The highest BCUT2D eigenvalue weighted by Crippen LogP contribution is 2.40. The largest absolute Gasteiger partial charge is 0.386 e. The number of carbonyl (C=O) groups excluding carboxylic acids is 2. The predicted octanol–water partition coefficient (Wildman–Crippen LogP) is 2.52. The average Bonchev–Trinajstić information content (AvgIpc) is 2.81. The van der Waals surface area contributed by atoms with Crippen LogP contribution in [0.25, 0.3) is 0 Å². The van der Waals surface area contributed by atoms with Gasteiger partial charge in [-0.2, -0.15) is 0 Å². The molecular weight excluding hydrogens is 228 g/mol. The Morgan fingerprint density at radius 2 is 1.61 bits per heavy atom. The Bertz CT molecular complexity index is 464. The van der Waals surface area contributed by atoms with Gasteiger partial charge in [0.15, 0.2) is 0 Å². The van der Waals surface area contributed by atoms with Crippen LogP contribution in [0.2, 0.25) is 0 Å². The number of rotatable bonds is 1. The van der Waals surface area contributed by atoms with Crippen LogP contribution in [0.4, 0.5) is 0 Å². The second kappa shape index (κ2) is 4.71. The fraction of sp³-hybridized carbons (Fsp3) is 0.267. The molecule has 0 spiro atoms. The summed E-state index contributed by atoms with van der Waals surface area (Å²) in [6, 6.07) is 0. The van der Waals surface area contributed by atoms with Gasteiger partial charge in [-0.15, -0.1) is 0 Å². The van der Waals surface area contributed by atoms with E-state index in [1.165, 1.54) is 0 Å². The molecule has 5 radical (unpaired) electrons. The van der Waals surface area contributed by atoms with Crippen LogP contribution >= 0.6 is 0 Å². The van der Waals surface area contributed by atoms with Crippen molar-refractivity contribution in [3.8, 4) is 0 Å². The molecular formula is C15H15O3. The molecule has 0 bridgehead atoms. The molecule has 0 aromatic rings. The van der Waals surface area contributed by atoms with Gasteiger partial charge in [0, 0.05) is 5.92 Å². The number of allylic oxidation sites excluding steroid dienone is 2. The van der Waals surface area contributed by atoms with Crippen molar-refractivity contribution >= 4 is 11.9 Å². The van der Waals surface area contributed by atoms with E-state index in [1.54, 1.807) is 13.8 Å². The monoisotopic (exact) mass is 243 g/mol. The van der Waals surface area contributed by atoms with E-state index in [4.69, 9.17) is 4.74 Å². The molecule has 3 nitrogen and oxygen atoms in total. The summed E-state index contributed by atoms with van der Waals surface area (Å²) < 4.78 is 4.70. The van der Waals surface area contributed by atoms with Crippen LogP contribution in [0.1, 0.15) is 27.7 Å². The van der Waals surface area contributed by atoms with Crippen molar-refractivity contribution in [2.24, 2.45) is 0 Å². The number of hydrogen-bond donors (Lipinski definition) is 0. The van der Waals surface area contributed by atoms with Crippen molar-refractivity contribution in [2.45, 2.75) is 27.7 Å². The summed E-state index contributed by atoms with van der Waals surface area (Å²) in [6.45, 7) is 7.44. The second-order valence-corrected chi connectivity index (χ2v) is 4.73. The first kappa shape index (κ1) is 13.1. The molecule has 0 unspecified atom stereocenters. The zero-order chi connectivity index (χ0) is 13.4. The lowest BCUT2D eigenvalue weighted by Crippen LogP contribution is -2.05. The van der Waals surface area contributed by atoms with Crippen molar-refractivity contribution < 1.29 is 14.3 Å². The van der Waals surface area contributed by atoms with E-state index >= 15 is 0 Å². The molecule has 0 aromatic carbocycles. The van der Waals surface area contributed by atoms with E-state index < -0.39 is 11.9 Å². The highest BCUT2D eigenvalue weighted by Gasteiger charge is 2.38. The van der Waals surface area contributed by atoms with Gasteiger partial charge in [-0.25, -0.2) is 9.59 Å². The van der Waals surface area contributed by atoms with Gasteiger partial charge in [0.2, 0.25) is 0 Å². The minimum absolute atomic E-state index is 0.394. The molecule has 0 amide bonds. The van der Waals surface area contributed by atoms with Crippen molar-refractivity contribution in [1.82, 2.24) is 0 Å². The zero-order valence-corrected chi connectivity index (χ0v) is 11.0. The van der Waals surface area contributed by atoms with Gasteiger partial charge in [-0.1, -0.05) is 18.1 Å². The Morgan fingerprint density at radius 3 is 2.11 bits per heavy atom. The van der Waals surface area contributed by atoms with E-state index in [9.17, 15) is 9.59 Å². The number of carbonyl (C=O) groups is 2. The summed E-state index contributed by atoms with van der Waals surface area (Å²) in [6.07, 6.45) is 5.90. The maximum Gasteiger partial charge on any atom is 0.346 e. The van der Waals surface area contributed by atoms with Crippen molar-refractivity contribution in [1.29, 1.82) is 0 Å². The highest BCUT2D eigenvalue weighted by atomic mass is 16.6. The fourth-order valence-corrected chi connectivity index (χ4v) is 2.13. The lowest BCUT2D eigenvalue weighted by molar-refractivity contribution is -0.149. The molecule has 1 saturated heterocycles. The van der Waals surface area contributed by atoms with Gasteiger partial charge in [0.05, 0.1) is 11.1 Å². The molecule has 93 valence electrons. The highest BCUT2D eigenvalue weighted by molar-refractivity contribution is 6.19. The first-order valence-corrected chi connectivity index (χ1v) is 5.80. The summed E-state index contributed by atoms with van der Waals surface area (Å²) >= 11 is 0. The van der Waals surface area contributed by atoms with E-state index in [2.05, 4.69) is 0 Å². The van der Waals surface area contributed by atoms with Crippen LogP contribution in [0.15, 0.2) is 22.3 Å². The average molecular weight is 243 g/mol. The molecule has 0 N–H and O–H groups in total. The topological polar surface area (TPSA) is 43.4 Å². The number of esters is 2. The Balaban J connectivity index is 2.43. The number of hydrogen-bond acceptors (Lipinski definition) is 3. The van der Waals surface area contributed by atoms with Gasteiger partial charge in [-0.05, 0) is 46.0 Å². The molecule has 1 saturated carbocycles. The lowest BCUT2D eigenvalue weighted by Gasteiger charge is -2.11. The molecule has 1 aliphatic carbocycles. The quantitative estimate of drug-likeness (QED) is 0.404. The van der Waals surface area contributed by atoms with E-state index in [1.807, 2.05) is 33.1 Å². The van der Waals surface area contributed by atoms with E-state index in [0.717, 1.165) is 23.0 Å². The Hall–Kier alpha value is -1.38. The molecule has 1 heterocycles. The minimum atomic E-state index is -0.549. The smallest absolute Gasteiger partial charge is 0.346 e. The van der Waals surface area contributed by atoms with Gasteiger partial charge in [-0.3, -0.25) is 0 Å². The van der Waals surface area contributed by atoms with Crippen LogP contribution in [0, 0.1) is 31.1 Å². The molecule has 2 fully saturated rings. The Morgan fingerprint density at radius 1 is 1.00 bits per heavy atom. The number of cyclic esters (lactones) is 2. The summed E-state index contributed by atoms with van der Waals surface area (Å²) in [5, 5.41) is 0. The Labute approximate surface area is 108 Å². The third kappa shape index (κ3) is 2.14. The molecule has 2 aliphatic rings.